The van der Waals surface area contributed by atoms with Gasteiger partial charge >= 0.3 is 6.18 Å². The van der Waals surface area contributed by atoms with E-state index in [1.807, 2.05) is 18.2 Å². The first kappa shape index (κ1) is 15.0. The molecule has 0 fully saturated rings. The van der Waals surface area contributed by atoms with Crippen LogP contribution in [0.4, 0.5) is 13.2 Å². The van der Waals surface area contributed by atoms with Gasteiger partial charge in [0, 0.05) is 17.8 Å². The molecule has 3 nitrogen and oxygen atoms in total. The van der Waals surface area contributed by atoms with Crippen LogP contribution < -0.4 is 4.74 Å². The third kappa shape index (κ3) is 3.66. The van der Waals surface area contributed by atoms with Crippen molar-refractivity contribution in [1.82, 2.24) is 9.97 Å². The molecule has 0 radical (unpaired) electrons. The maximum Gasteiger partial charge on any atom is 0.416 e. The normalized spacial score (nSPS) is 11.3. The van der Waals surface area contributed by atoms with Crippen LogP contribution in [0.5, 0.6) is 11.6 Å². The SMILES string of the molecule is FC(F)(F)c1ccc(-c2nccc(Oc3ccccc3)n2)cc1. The Bertz CT molecular complexity index is 787. The Morgan fingerprint density at radius 1 is 0.826 bits per heavy atom. The van der Waals surface area contributed by atoms with E-state index in [-0.39, 0.29) is 0 Å². The van der Waals surface area contributed by atoms with Gasteiger partial charge in [-0.25, -0.2) is 4.98 Å². The van der Waals surface area contributed by atoms with Gasteiger partial charge in [0.05, 0.1) is 5.56 Å². The number of ether oxygens (including phenoxy) is 1. The van der Waals surface area contributed by atoms with Crippen molar-refractivity contribution >= 4 is 0 Å². The summed E-state index contributed by atoms with van der Waals surface area (Å²) in [4.78, 5) is 8.29. The number of aromatic nitrogens is 2. The minimum absolute atomic E-state index is 0.298. The van der Waals surface area contributed by atoms with E-state index < -0.39 is 11.7 Å². The van der Waals surface area contributed by atoms with Crippen molar-refractivity contribution in [2.24, 2.45) is 0 Å². The van der Waals surface area contributed by atoms with Crippen LogP contribution in [0.1, 0.15) is 5.56 Å². The molecule has 0 spiro atoms. The highest BCUT2D eigenvalue weighted by molar-refractivity contribution is 5.56. The molecule has 1 aromatic heterocycles. The number of para-hydroxylation sites is 1. The maximum absolute atomic E-state index is 12.6. The molecule has 0 aliphatic heterocycles. The topological polar surface area (TPSA) is 35.0 Å². The number of hydrogen-bond donors (Lipinski definition) is 0. The quantitative estimate of drug-likeness (QED) is 0.685. The number of halogens is 3. The first-order valence-corrected chi connectivity index (χ1v) is 6.76. The lowest BCUT2D eigenvalue weighted by Crippen LogP contribution is -2.04. The standard InChI is InChI=1S/C17H11F3N2O/c18-17(19,20)13-8-6-12(7-9-13)16-21-11-10-15(22-16)23-14-4-2-1-3-5-14/h1-11H. The van der Waals surface area contributed by atoms with E-state index in [9.17, 15) is 13.2 Å². The van der Waals surface area contributed by atoms with Crippen LogP contribution in [-0.2, 0) is 6.18 Å². The minimum atomic E-state index is -4.36. The summed E-state index contributed by atoms with van der Waals surface area (Å²) < 4.78 is 43.3. The van der Waals surface area contributed by atoms with Gasteiger partial charge in [0.1, 0.15) is 5.75 Å². The van der Waals surface area contributed by atoms with E-state index in [0.717, 1.165) is 12.1 Å². The molecule has 3 rings (SSSR count). The zero-order valence-corrected chi connectivity index (χ0v) is 11.8. The van der Waals surface area contributed by atoms with Crippen LogP contribution in [-0.4, -0.2) is 9.97 Å². The number of hydrogen-bond acceptors (Lipinski definition) is 3. The zero-order valence-electron chi connectivity index (χ0n) is 11.8. The van der Waals surface area contributed by atoms with Gasteiger partial charge in [0.2, 0.25) is 5.88 Å². The molecule has 0 unspecified atom stereocenters. The largest absolute Gasteiger partial charge is 0.439 e. The predicted molar refractivity (Wildman–Crippen MR) is 79.0 cm³/mol. The van der Waals surface area contributed by atoms with Gasteiger partial charge in [-0.3, -0.25) is 0 Å². The first-order valence-electron chi connectivity index (χ1n) is 6.76. The molecule has 0 saturated heterocycles. The Kier molecular flexibility index (Phi) is 3.97. The van der Waals surface area contributed by atoms with Crippen LogP contribution in [0.2, 0.25) is 0 Å². The summed E-state index contributed by atoms with van der Waals surface area (Å²) in [6, 6.07) is 15.3. The summed E-state index contributed by atoms with van der Waals surface area (Å²) in [6.45, 7) is 0. The zero-order chi connectivity index (χ0) is 16.3. The van der Waals surface area contributed by atoms with Crippen molar-refractivity contribution in [3.8, 4) is 23.0 Å². The molecular formula is C17H11F3N2O. The molecule has 0 amide bonds. The first-order chi connectivity index (χ1) is 11.0. The second-order valence-corrected chi connectivity index (χ2v) is 4.71. The summed E-state index contributed by atoms with van der Waals surface area (Å²) in [7, 11) is 0. The van der Waals surface area contributed by atoms with Crippen LogP contribution in [0, 0.1) is 0 Å². The van der Waals surface area contributed by atoms with Crippen LogP contribution in [0.3, 0.4) is 0 Å². The minimum Gasteiger partial charge on any atom is -0.439 e. The highest BCUT2D eigenvalue weighted by atomic mass is 19.4. The fourth-order valence-corrected chi connectivity index (χ4v) is 1.96. The molecule has 0 aliphatic carbocycles. The van der Waals surface area contributed by atoms with Gasteiger partial charge < -0.3 is 4.74 Å². The molecule has 0 atom stereocenters. The van der Waals surface area contributed by atoms with Crippen molar-refractivity contribution in [3.05, 3.63) is 72.4 Å². The predicted octanol–water partition coefficient (Wildman–Crippen LogP) is 4.95. The number of nitrogens with zero attached hydrogens (tertiary/aromatic N) is 2. The summed E-state index contributed by atoms with van der Waals surface area (Å²) in [5.74, 6) is 1.23. The van der Waals surface area contributed by atoms with Crippen molar-refractivity contribution in [2.45, 2.75) is 6.18 Å². The molecule has 1 heterocycles. The summed E-state index contributed by atoms with van der Waals surface area (Å²) in [5.41, 5.74) is -0.227. The lowest BCUT2D eigenvalue weighted by atomic mass is 10.1. The molecule has 6 heteroatoms. The molecule has 23 heavy (non-hydrogen) atoms. The molecule has 0 saturated carbocycles. The average molecular weight is 316 g/mol. The van der Waals surface area contributed by atoms with E-state index >= 15 is 0 Å². The lowest BCUT2D eigenvalue weighted by molar-refractivity contribution is -0.137. The highest BCUT2D eigenvalue weighted by Gasteiger charge is 2.30. The lowest BCUT2D eigenvalue weighted by Gasteiger charge is -2.08. The van der Waals surface area contributed by atoms with Crippen molar-refractivity contribution in [1.29, 1.82) is 0 Å². The van der Waals surface area contributed by atoms with Crippen molar-refractivity contribution < 1.29 is 17.9 Å². The second-order valence-electron chi connectivity index (χ2n) is 4.71. The molecule has 0 N–H and O–H groups in total. The van der Waals surface area contributed by atoms with Gasteiger partial charge in [0.25, 0.3) is 0 Å². The Labute approximate surface area is 130 Å². The van der Waals surface area contributed by atoms with E-state index in [4.69, 9.17) is 4.74 Å². The Morgan fingerprint density at radius 3 is 2.17 bits per heavy atom. The van der Waals surface area contributed by atoms with Crippen molar-refractivity contribution in [2.75, 3.05) is 0 Å². The Hall–Kier alpha value is -2.89. The Morgan fingerprint density at radius 2 is 1.52 bits per heavy atom. The molecule has 0 bridgehead atoms. The van der Waals surface area contributed by atoms with E-state index in [1.165, 1.54) is 18.3 Å². The fraction of sp³-hybridized carbons (Fsp3) is 0.0588. The van der Waals surface area contributed by atoms with Crippen LogP contribution in [0.25, 0.3) is 11.4 Å². The maximum atomic E-state index is 12.6. The van der Waals surface area contributed by atoms with Gasteiger partial charge in [-0.05, 0) is 24.3 Å². The van der Waals surface area contributed by atoms with Crippen LogP contribution >= 0.6 is 0 Å². The second kappa shape index (κ2) is 6.08. The highest BCUT2D eigenvalue weighted by Crippen LogP contribution is 2.30. The average Bonchev–Trinajstić information content (AvgIpc) is 2.55. The van der Waals surface area contributed by atoms with Crippen molar-refractivity contribution in [3.63, 3.8) is 0 Å². The molecule has 2 aromatic carbocycles. The van der Waals surface area contributed by atoms with E-state index in [2.05, 4.69) is 9.97 Å². The Balaban J connectivity index is 1.85. The molecule has 3 aromatic rings. The number of alkyl halides is 3. The molecular weight excluding hydrogens is 305 g/mol. The summed E-state index contributed by atoms with van der Waals surface area (Å²) >= 11 is 0. The summed E-state index contributed by atoms with van der Waals surface area (Å²) in [5, 5.41) is 0. The monoisotopic (exact) mass is 316 g/mol. The number of benzene rings is 2. The van der Waals surface area contributed by atoms with Gasteiger partial charge in [0.15, 0.2) is 5.82 Å². The van der Waals surface area contributed by atoms with Gasteiger partial charge in [-0.15, -0.1) is 0 Å². The van der Waals surface area contributed by atoms with E-state index in [0.29, 0.717) is 23.0 Å². The van der Waals surface area contributed by atoms with Crippen LogP contribution in [0.15, 0.2) is 66.9 Å². The van der Waals surface area contributed by atoms with Gasteiger partial charge in [-0.1, -0.05) is 30.3 Å². The smallest absolute Gasteiger partial charge is 0.416 e. The molecule has 0 aliphatic rings. The molecule has 116 valence electrons. The summed E-state index contributed by atoms with van der Waals surface area (Å²) in [6.07, 6.45) is -2.87. The number of rotatable bonds is 3. The third-order valence-corrected chi connectivity index (χ3v) is 3.07. The van der Waals surface area contributed by atoms with Gasteiger partial charge in [-0.2, -0.15) is 18.2 Å². The fourth-order valence-electron chi connectivity index (χ4n) is 1.96. The third-order valence-electron chi connectivity index (χ3n) is 3.07. The van der Waals surface area contributed by atoms with E-state index in [1.54, 1.807) is 18.2 Å².